The van der Waals surface area contributed by atoms with Gasteiger partial charge in [-0.2, -0.15) is 0 Å². The Hall–Kier alpha value is -2.22. The molecule has 0 aliphatic heterocycles. The van der Waals surface area contributed by atoms with E-state index in [1.165, 1.54) is 27.8 Å². The van der Waals surface area contributed by atoms with E-state index in [0.29, 0.717) is 11.7 Å². The normalized spacial score (nSPS) is 17.0. The Labute approximate surface area is 125 Å². The molecule has 2 nitrogen and oxygen atoms in total. The molecule has 2 heteroatoms. The smallest absolute Gasteiger partial charge is 0.119 e. The molecule has 1 N–H and O–H groups in total. The van der Waals surface area contributed by atoms with Crippen LogP contribution in [-0.2, 0) is 0 Å². The summed E-state index contributed by atoms with van der Waals surface area (Å²) < 4.78 is 5.36. The average Bonchev–Trinajstić information content (AvgIpc) is 2.80. The molecule has 1 aliphatic carbocycles. The number of aromatic hydroxyl groups is 1. The topological polar surface area (TPSA) is 29.5 Å². The van der Waals surface area contributed by atoms with Crippen molar-refractivity contribution in [3.8, 4) is 11.5 Å². The number of methoxy groups -OCH3 is 1. The first-order valence-electron chi connectivity index (χ1n) is 7.36. The van der Waals surface area contributed by atoms with Crippen molar-refractivity contribution in [3.05, 3.63) is 59.2 Å². The fraction of sp³-hybridized carbons (Fsp3) is 0.263. The minimum absolute atomic E-state index is 0.308. The maximum Gasteiger partial charge on any atom is 0.119 e. The first-order chi connectivity index (χ1) is 10.2. The SMILES string of the molecule is CCC1=C(c2ccc(O)cc2)[C@@H](C)c2cc(OC)ccc21. The second kappa shape index (κ2) is 5.28. The van der Waals surface area contributed by atoms with Gasteiger partial charge in [0.2, 0.25) is 0 Å². The lowest BCUT2D eigenvalue weighted by atomic mass is 9.92. The van der Waals surface area contributed by atoms with Gasteiger partial charge in [0.05, 0.1) is 7.11 Å². The first-order valence-corrected chi connectivity index (χ1v) is 7.36. The molecular weight excluding hydrogens is 260 g/mol. The minimum atomic E-state index is 0.308. The fourth-order valence-electron chi connectivity index (χ4n) is 3.31. The van der Waals surface area contributed by atoms with Crippen LogP contribution >= 0.6 is 0 Å². The molecule has 3 rings (SSSR count). The number of phenolic OH excluding ortho intramolecular Hbond substituents is 1. The lowest BCUT2D eigenvalue weighted by Crippen LogP contribution is -1.94. The van der Waals surface area contributed by atoms with Crippen LogP contribution in [-0.4, -0.2) is 12.2 Å². The Morgan fingerprint density at radius 3 is 2.43 bits per heavy atom. The van der Waals surface area contributed by atoms with Crippen LogP contribution in [0.25, 0.3) is 11.1 Å². The molecule has 21 heavy (non-hydrogen) atoms. The molecule has 0 unspecified atom stereocenters. The molecule has 0 saturated heterocycles. The molecule has 108 valence electrons. The van der Waals surface area contributed by atoms with E-state index in [0.717, 1.165) is 12.2 Å². The van der Waals surface area contributed by atoms with E-state index in [2.05, 4.69) is 26.0 Å². The highest BCUT2D eigenvalue weighted by molar-refractivity contribution is 5.99. The Kier molecular flexibility index (Phi) is 3.46. The molecule has 0 bridgehead atoms. The third kappa shape index (κ3) is 2.21. The minimum Gasteiger partial charge on any atom is -0.508 e. The number of hydrogen-bond acceptors (Lipinski definition) is 2. The van der Waals surface area contributed by atoms with Gasteiger partial charge in [0.15, 0.2) is 0 Å². The van der Waals surface area contributed by atoms with Crippen molar-refractivity contribution in [2.45, 2.75) is 26.2 Å². The molecule has 0 saturated carbocycles. The number of benzene rings is 2. The van der Waals surface area contributed by atoms with E-state index in [1.807, 2.05) is 18.2 Å². The summed E-state index contributed by atoms with van der Waals surface area (Å²) in [4.78, 5) is 0. The third-order valence-electron chi connectivity index (χ3n) is 4.34. The Balaban J connectivity index is 2.14. The van der Waals surface area contributed by atoms with Crippen molar-refractivity contribution >= 4 is 11.1 Å². The van der Waals surface area contributed by atoms with Crippen LogP contribution < -0.4 is 4.74 Å². The van der Waals surface area contributed by atoms with E-state index in [1.54, 1.807) is 19.2 Å². The molecule has 0 spiro atoms. The van der Waals surface area contributed by atoms with Crippen LogP contribution in [0.5, 0.6) is 11.5 Å². The molecule has 0 amide bonds. The Morgan fingerprint density at radius 2 is 1.81 bits per heavy atom. The molecule has 0 radical (unpaired) electrons. The highest BCUT2D eigenvalue weighted by Gasteiger charge is 2.28. The van der Waals surface area contributed by atoms with E-state index >= 15 is 0 Å². The zero-order valence-corrected chi connectivity index (χ0v) is 12.7. The predicted octanol–water partition coefficient (Wildman–Crippen LogP) is 4.84. The monoisotopic (exact) mass is 280 g/mol. The van der Waals surface area contributed by atoms with Crippen LogP contribution in [0.1, 0.15) is 42.9 Å². The molecule has 2 aromatic rings. The molecule has 2 aromatic carbocycles. The number of fused-ring (bicyclic) bond motifs is 1. The van der Waals surface area contributed by atoms with Gasteiger partial charge < -0.3 is 9.84 Å². The number of ether oxygens (including phenoxy) is 1. The van der Waals surface area contributed by atoms with Gasteiger partial charge in [-0.15, -0.1) is 0 Å². The zero-order chi connectivity index (χ0) is 15.0. The number of phenols is 1. The van der Waals surface area contributed by atoms with E-state index < -0.39 is 0 Å². The average molecular weight is 280 g/mol. The van der Waals surface area contributed by atoms with Gasteiger partial charge >= 0.3 is 0 Å². The van der Waals surface area contributed by atoms with Crippen LogP contribution in [0.15, 0.2) is 42.5 Å². The molecule has 1 aliphatic rings. The molecule has 1 atom stereocenters. The lowest BCUT2D eigenvalue weighted by molar-refractivity contribution is 0.414. The number of hydrogen-bond donors (Lipinski definition) is 1. The highest BCUT2D eigenvalue weighted by atomic mass is 16.5. The van der Waals surface area contributed by atoms with Gasteiger partial charge in [0.25, 0.3) is 0 Å². The highest BCUT2D eigenvalue weighted by Crippen LogP contribution is 2.48. The molecule has 0 aromatic heterocycles. The summed E-state index contributed by atoms with van der Waals surface area (Å²) in [5.41, 5.74) is 6.60. The van der Waals surface area contributed by atoms with Crippen LogP contribution in [0.2, 0.25) is 0 Å². The van der Waals surface area contributed by atoms with E-state index in [4.69, 9.17) is 4.74 Å². The van der Waals surface area contributed by atoms with Gasteiger partial charge in [-0.3, -0.25) is 0 Å². The van der Waals surface area contributed by atoms with Gasteiger partial charge in [-0.25, -0.2) is 0 Å². The van der Waals surface area contributed by atoms with Gasteiger partial charge in [-0.05, 0) is 58.5 Å². The van der Waals surface area contributed by atoms with Gasteiger partial charge in [0.1, 0.15) is 11.5 Å². The van der Waals surface area contributed by atoms with Gasteiger partial charge in [0, 0.05) is 5.92 Å². The Morgan fingerprint density at radius 1 is 1.10 bits per heavy atom. The maximum absolute atomic E-state index is 9.50. The fourth-order valence-corrected chi connectivity index (χ4v) is 3.31. The summed E-state index contributed by atoms with van der Waals surface area (Å²) in [5, 5.41) is 9.50. The zero-order valence-electron chi connectivity index (χ0n) is 12.7. The predicted molar refractivity (Wildman–Crippen MR) is 86.6 cm³/mol. The van der Waals surface area contributed by atoms with Crippen LogP contribution in [0.3, 0.4) is 0 Å². The summed E-state index contributed by atoms with van der Waals surface area (Å²) in [7, 11) is 1.70. The van der Waals surface area contributed by atoms with Crippen molar-refractivity contribution in [2.24, 2.45) is 0 Å². The third-order valence-corrected chi connectivity index (χ3v) is 4.34. The second-order valence-electron chi connectivity index (χ2n) is 5.47. The summed E-state index contributed by atoms with van der Waals surface area (Å²) in [6.07, 6.45) is 1.000. The number of allylic oxidation sites excluding steroid dienone is 2. The number of rotatable bonds is 3. The second-order valence-corrected chi connectivity index (χ2v) is 5.47. The van der Waals surface area contributed by atoms with E-state index in [-0.39, 0.29) is 0 Å². The van der Waals surface area contributed by atoms with Crippen LogP contribution in [0.4, 0.5) is 0 Å². The summed E-state index contributed by atoms with van der Waals surface area (Å²) in [6, 6.07) is 13.8. The van der Waals surface area contributed by atoms with Crippen molar-refractivity contribution in [2.75, 3.05) is 7.11 Å². The lowest BCUT2D eigenvalue weighted by Gasteiger charge is -2.13. The van der Waals surface area contributed by atoms with Crippen molar-refractivity contribution in [1.82, 2.24) is 0 Å². The quantitative estimate of drug-likeness (QED) is 0.871. The molecule has 0 fully saturated rings. The van der Waals surface area contributed by atoms with E-state index in [9.17, 15) is 5.11 Å². The first kappa shape index (κ1) is 13.7. The summed E-state index contributed by atoms with van der Waals surface area (Å²) in [6.45, 7) is 4.44. The van der Waals surface area contributed by atoms with Crippen molar-refractivity contribution in [1.29, 1.82) is 0 Å². The Bertz CT molecular complexity index is 696. The largest absolute Gasteiger partial charge is 0.508 e. The van der Waals surface area contributed by atoms with Gasteiger partial charge in [-0.1, -0.05) is 32.0 Å². The summed E-state index contributed by atoms with van der Waals surface area (Å²) >= 11 is 0. The van der Waals surface area contributed by atoms with Crippen LogP contribution in [0, 0.1) is 0 Å². The molecular formula is C19H20O2. The summed E-state index contributed by atoms with van der Waals surface area (Å²) in [5.74, 6) is 1.56. The standard InChI is InChI=1S/C19H20O2/c1-4-16-17-10-9-15(21-3)11-18(17)12(2)19(16)13-5-7-14(20)8-6-13/h5-12,20H,4H2,1-3H3/t12-/m0/s1. The maximum atomic E-state index is 9.50. The van der Waals surface area contributed by atoms with Crippen molar-refractivity contribution in [3.63, 3.8) is 0 Å². The molecule has 0 heterocycles. The van der Waals surface area contributed by atoms with Crippen molar-refractivity contribution < 1.29 is 9.84 Å².